The smallest absolute Gasteiger partial charge is 0.246 e. The zero-order valence-electron chi connectivity index (χ0n) is 12.7. The van der Waals surface area contributed by atoms with Crippen molar-refractivity contribution in [2.75, 3.05) is 39.5 Å². The molecule has 0 radical (unpaired) electrons. The number of hydrogen-bond acceptors (Lipinski definition) is 4. The molecule has 0 saturated carbocycles. The lowest BCUT2D eigenvalue weighted by atomic mass is 10.2. The molecule has 0 N–H and O–H groups in total. The van der Waals surface area contributed by atoms with Crippen molar-refractivity contribution in [1.82, 2.24) is 9.21 Å². The molecular weight excluding hydrogens is 304 g/mol. The minimum atomic E-state index is -3.18. The topological polar surface area (TPSA) is 66.9 Å². The van der Waals surface area contributed by atoms with Crippen molar-refractivity contribution < 1.29 is 17.9 Å². The van der Waals surface area contributed by atoms with Crippen molar-refractivity contribution >= 4 is 22.0 Å². The molecule has 1 saturated heterocycles. The molecule has 1 fully saturated rings. The van der Waals surface area contributed by atoms with Crippen LogP contribution < -0.4 is 4.74 Å². The quantitative estimate of drug-likeness (QED) is 0.769. The van der Waals surface area contributed by atoms with Crippen LogP contribution in [-0.4, -0.2) is 63.1 Å². The van der Waals surface area contributed by atoms with Crippen LogP contribution in [0.15, 0.2) is 30.3 Å². The Morgan fingerprint density at radius 3 is 2.41 bits per heavy atom. The first-order valence-electron chi connectivity index (χ1n) is 6.97. The molecule has 0 atom stereocenters. The summed E-state index contributed by atoms with van der Waals surface area (Å²) in [5, 5.41) is 0. The van der Waals surface area contributed by atoms with Crippen LogP contribution in [0.2, 0.25) is 0 Å². The number of para-hydroxylation sites is 1. The number of amides is 1. The molecule has 120 valence electrons. The number of rotatable bonds is 4. The highest BCUT2D eigenvalue weighted by Gasteiger charge is 2.24. The van der Waals surface area contributed by atoms with E-state index in [1.807, 2.05) is 24.3 Å². The van der Waals surface area contributed by atoms with E-state index < -0.39 is 10.0 Å². The van der Waals surface area contributed by atoms with E-state index in [2.05, 4.69) is 0 Å². The fourth-order valence-electron chi connectivity index (χ4n) is 2.31. The minimum absolute atomic E-state index is 0.126. The SMILES string of the molecule is COc1ccccc1/C=C/C(=O)N1CCN(S(C)(=O)=O)CC1. The molecule has 0 aliphatic carbocycles. The van der Waals surface area contributed by atoms with Gasteiger partial charge in [0.25, 0.3) is 0 Å². The van der Waals surface area contributed by atoms with Crippen molar-refractivity contribution in [2.45, 2.75) is 0 Å². The van der Waals surface area contributed by atoms with Crippen LogP contribution in [0.5, 0.6) is 5.75 Å². The highest BCUT2D eigenvalue weighted by molar-refractivity contribution is 7.88. The Balaban J connectivity index is 1.98. The van der Waals surface area contributed by atoms with Gasteiger partial charge in [0.15, 0.2) is 0 Å². The summed E-state index contributed by atoms with van der Waals surface area (Å²) in [6, 6.07) is 7.43. The summed E-state index contributed by atoms with van der Waals surface area (Å²) >= 11 is 0. The summed E-state index contributed by atoms with van der Waals surface area (Å²) in [7, 11) is -1.60. The number of ether oxygens (including phenoxy) is 1. The van der Waals surface area contributed by atoms with Gasteiger partial charge in [0.2, 0.25) is 15.9 Å². The zero-order chi connectivity index (χ0) is 16.2. The van der Waals surface area contributed by atoms with Crippen LogP contribution in [0.25, 0.3) is 6.08 Å². The van der Waals surface area contributed by atoms with E-state index in [9.17, 15) is 13.2 Å². The van der Waals surface area contributed by atoms with Gasteiger partial charge in [-0.25, -0.2) is 8.42 Å². The second kappa shape index (κ2) is 6.93. The molecule has 0 bridgehead atoms. The summed E-state index contributed by atoms with van der Waals surface area (Å²) in [6.45, 7) is 1.49. The predicted octanol–water partition coefficient (Wildman–Crippen LogP) is 0.812. The van der Waals surface area contributed by atoms with Crippen molar-refractivity contribution in [3.05, 3.63) is 35.9 Å². The van der Waals surface area contributed by atoms with Gasteiger partial charge in [-0.05, 0) is 12.1 Å². The predicted molar refractivity (Wildman–Crippen MR) is 85.0 cm³/mol. The number of hydrogen-bond donors (Lipinski definition) is 0. The van der Waals surface area contributed by atoms with E-state index in [1.54, 1.807) is 18.1 Å². The molecule has 1 aromatic rings. The van der Waals surface area contributed by atoms with E-state index in [4.69, 9.17) is 4.74 Å². The van der Waals surface area contributed by atoms with E-state index in [0.717, 1.165) is 5.56 Å². The molecule has 1 heterocycles. The van der Waals surface area contributed by atoms with Crippen LogP contribution in [0.1, 0.15) is 5.56 Å². The number of nitrogens with zero attached hydrogens (tertiary/aromatic N) is 2. The second-order valence-corrected chi connectivity index (χ2v) is 7.05. The van der Waals surface area contributed by atoms with Crippen molar-refractivity contribution in [3.63, 3.8) is 0 Å². The van der Waals surface area contributed by atoms with Gasteiger partial charge in [0, 0.05) is 37.8 Å². The highest BCUT2D eigenvalue weighted by atomic mass is 32.2. The summed E-state index contributed by atoms with van der Waals surface area (Å²) in [4.78, 5) is 13.8. The number of carbonyl (C=O) groups excluding carboxylic acids is 1. The molecule has 1 amide bonds. The molecule has 1 aliphatic rings. The molecule has 1 aliphatic heterocycles. The van der Waals surface area contributed by atoms with Gasteiger partial charge in [-0.3, -0.25) is 4.79 Å². The maximum Gasteiger partial charge on any atom is 0.246 e. The molecule has 2 rings (SSSR count). The third-order valence-electron chi connectivity index (χ3n) is 3.56. The van der Waals surface area contributed by atoms with E-state index in [-0.39, 0.29) is 5.91 Å². The lowest BCUT2D eigenvalue weighted by Gasteiger charge is -2.32. The van der Waals surface area contributed by atoms with E-state index in [0.29, 0.717) is 31.9 Å². The number of methoxy groups -OCH3 is 1. The van der Waals surface area contributed by atoms with Gasteiger partial charge in [0.05, 0.1) is 13.4 Å². The van der Waals surface area contributed by atoms with Gasteiger partial charge in [-0.2, -0.15) is 4.31 Å². The van der Waals surface area contributed by atoms with Crippen molar-refractivity contribution in [2.24, 2.45) is 0 Å². The highest BCUT2D eigenvalue weighted by Crippen LogP contribution is 2.18. The number of sulfonamides is 1. The monoisotopic (exact) mass is 324 g/mol. The fourth-order valence-corrected chi connectivity index (χ4v) is 3.14. The second-order valence-electron chi connectivity index (χ2n) is 5.06. The summed E-state index contributed by atoms with van der Waals surface area (Å²) in [5.41, 5.74) is 0.827. The summed E-state index contributed by atoms with van der Waals surface area (Å²) in [5.74, 6) is 0.576. The van der Waals surface area contributed by atoms with Gasteiger partial charge < -0.3 is 9.64 Å². The average Bonchev–Trinajstić information content (AvgIpc) is 2.52. The molecule has 6 nitrogen and oxygen atoms in total. The van der Waals surface area contributed by atoms with Crippen LogP contribution in [-0.2, 0) is 14.8 Å². The van der Waals surface area contributed by atoms with E-state index >= 15 is 0 Å². The number of piperazine rings is 1. The van der Waals surface area contributed by atoms with E-state index in [1.165, 1.54) is 16.6 Å². The first kappa shape index (κ1) is 16.5. The summed E-state index contributed by atoms with van der Waals surface area (Å²) < 4.78 is 29.5. The van der Waals surface area contributed by atoms with Gasteiger partial charge >= 0.3 is 0 Å². The Bertz CT molecular complexity index is 662. The van der Waals surface area contributed by atoms with Crippen molar-refractivity contribution in [3.8, 4) is 5.75 Å². The van der Waals surface area contributed by atoms with Crippen molar-refractivity contribution in [1.29, 1.82) is 0 Å². The first-order valence-corrected chi connectivity index (χ1v) is 8.82. The van der Waals surface area contributed by atoms with Crippen LogP contribution >= 0.6 is 0 Å². The molecule has 0 aromatic heterocycles. The van der Waals surface area contributed by atoms with Crippen LogP contribution in [0, 0.1) is 0 Å². The molecule has 22 heavy (non-hydrogen) atoms. The first-order chi connectivity index (χ1) is 10.4. The molecule has 0 unspecified atom stereocenters. The molecular formula is C15H20N2O4S. The Labute approximate surface area is 131 Å². The zero-order valence-corrected chi connectivity index (χ0v) is 13.5. The van der Waals surface area contributed by atoms with Gasteiger partial charge in [-0.1, -0.05) is 18.2 Å². The standard InChI is InChI=1S/C15H20N2O4S/c1-21-14-6-4-3-5-13(14)7-8-15(18)16-9-11-17(12-10-16)22(2,19)20/h3-8H,9-12H2,1-2H3/b8-7+. The third-order valence-corrected chi connectivity index (χ3v) is 4.87. The lowest BCUT2D eigenvalue weighted by molar-refractivity contribution is -0.127. The lowest BCUT2D eigenvalue weighted by Crippen LogP contribution is -2.49. The maximum absolute atomic E-state index is 12.2. The van der Waals surface area contributed by atoms with Gasteiger partial charge in [0.1, 0.15) is 5.75 Å². The Morgan fingerprint density at radius 2 is 1.82 bits per heavy atom. The largest absolute Gasteiger partial charge is 0.496 e. The average molecular weight is 324 g/mol. The summed E-state index contributed by atoms with van der Waals surface area (Å²) in [6.07, 6.45) is 4.39. The number of benzene rings is 1. The van der Waals surface area contributed by atoms with Crippen LogP contribution in [0.3, 0.4) is 0 Å². The Morgan fingerprint density at radius 1 is 1.18 bits per heavy atom. The third kappa shape index (κ3) is 4.08. The molecule has 7 heteroatoms. The van der Waals surface area contributed by atoms with Crippen LogP contribution in [0.4, 0.5) is 0 Å². The van der Waals surface area contributed by atoms with Gasteiger partial charge in [-0.15, -0.1) is 0 Å². The number of carbonyl (C=O) groups is 1. The molecule has 1 aromatic carbocycles. The minimum Gasteiger partial charge on any atom is -0.496 e. The maximum atomic E-state index is 12.2. The fraction of sp³-hybridized carbons (Fsp3) is 0.400. The molecule has 0 spiro atoms. The normalized spacial score (nSPS) is 16.9. The Hall–Kier alpha value is -1.86. The Kier molecular flexibility index (Phi) is 5.20.